The Morgan fingerprint density at radius 1 is 1.13 bits per heavy atom. The molecule has 1 unspecified atom stereocenters. The van der Waals surface area contributed by atoms with Gasteiger partial charge in [0, 0.05) is 65.2 Å². The van der Waals surface area contributed by atoms with Crippen molar-refractivity contribution in [2.24, 2.45) is 0 Å². The van der Waals surface area contributed by atoms with Crippen LogP contribution in [0.1, 0.15) is 19.8 Å². The van der Waals surface area contributed by atoms with Gasteiger partial charge in [0.1, 0.15) is 0 Å². The smallest absolute Gasteiger partial charge is 0.241 e. The fourth-order valence-electron chi connectivity index (χ4n) is 2.89. The topological polar surface area (TPSA) is 66.5 Å². The van der Waals surface area contributed by atoms with Gasteiger partial charge in [-0.25, -0.2) is 13.1 Å². The van der Waals surface area contributed by atoms with Crippen molar-refractivity contribution in [2.75, 3.05) is 42.8 Å². The second-order valence-electron chi connectivity index (χ2n) is 6.87. The van der Waals surface area contributed by atoms with E-state index < -0.39 is 20.8 Å². The van der Waals surface area contributed by atoms with Crippen LogP contribution in [0.4, 0.5) is 5.69 Å². The van der Waals surface area contributed by atoms with E-state index in [9.17, 15) is 12.6 Å². The summed E-state index contributed by atoms with van der Waals surface area (Å²) in [5.41, 5.74) is 0.990. The number of nitrogens with one attached hydrogen (secondary N) is 1. The average Bonchev–Trinajstić information content (AvgIpc) is 2.71. The summed E-state index contributed by atoms with van der Waals surface area (Å²) in [7, 11) is 2.81. The minimum Gasteiger partial charge on any atom is -0.377 e. The Balaban J connectivity index is 1.85. The van der Waals surface area contributed by atoms with Crippen LogP contribution in [0.25, 0.3) is 10.8 Å². The van der Waals surface area contributed by atoms with Crippen LogP contribution in [0.15, 0.2) is 52.8 Å². The van der Waals surface area contributed by atoms with Crippen molar-refractivity contribution in [3.8, 4) is 0 Å². The van der Waals surface area contributed by atoms with Crippen LogP contribution < -0.4 is 9.62 Å². The first-order valence-corrected chi connectivity index (χ1v) is 15.2. The van der Waals surface area contributed by atoms with Gasteiger partial charge in [0.15, 0.2) is 0 Å². The van der Waals surface area contributed by atoms with Crippen molar-refractivity contribution in [3.05, 3.63) is 47.9 Å². The van der Waals surface area contributed by atoms with Gasteiger partial charge in [-0.1, -0.05) is 58.9 Å². The van der Waals surface area contributed by atoms with Crippen LogP contribution in [0.5, 0.6) is 0 Å². The minimum atomic E-state index is -3.58. The van der Waals surface area contributed by atoms with E-state index in [4.69, 9.17) is 0 Å². The molecular formula is C21H30N2O3S4. The quantitative estimate of drug-likeness (QED) is 0.329. The second-order valence-corrected chi connectivity index (χ2v) is 12.6. The molecule has 166 valence electrons. The summed E-state index contributed by atoms with van der Waals surface area (Å²) in [6, 6.07) is 11.1. The highest BCUT2D eigenvalue weighted by molar-refractivity contribution is 8.77. The summed E-state index contributed by atoms with van der Waals surface area (Å²) in [6.45, 7) is 2.42. The van der Waals surface area contributed by atoms with E-state index in [2.05, 4.69) is 4.72 Å². The van der Waals surface area contributed by atoms with E-state index in [1.54, 1.807) is 33.7 Å². The minimum absolute atomic E-state index is 0.314. The van der Waals surface area contributed by atoms with Gasteiger partial charge in [-0.2, -0.15) is 0 Å². The molecule has 0 aliphatic rings. The van der Waals surface area contributed by atoms with Crippen LogP contribution in [0.2, 0.25) is 0 Å². The van der Waals surface area contributed by atoms with Gasteiger partial charge in [-0.05, 0) is 30.4 Å². The molecule has 0 aliphatic heterocycles. The van der Waals surface area contributed by atoms with Gasteiger partial charge < -0.3 is 4.90 Å². The van der Waals surface area contributed by atoms with E-state index in [0.717, 1.165) is 40.8 Å². The van der Waals surface area contributed by atoms with Gasteiger partial charge >= 0.3 is 0 Å². The Kier molecular flexibility index (Phi) is 10.7. The molecular weight excluding hydrogens is 457 g/mol. The molecule has 1 N–H and O–H groups in total. The molecule has 2 aromatic carbocycles. The lowest BCUT2D eigenvalue weighted by Gasteiger charge is -2.17. The van der Waals surface area contributed by atoms with E-state index in [-0.39, 0.29) is 0 Å². The third kappa shape index (κ3) is 7.60. The molecule has 5 nitrogen and oxygen atoms in total. The van der Waals surface area contributed by atoms with E-state index >= 15 is 0 Å². The average molecular weight is 487 g/mol. The SMILES string of the molecule is CCCS(=O)C/C=C/SSCCCNS(=O)(=O)c1cccc2c(N(C)C)cccc12. The molecule has 0 aliphatic carbocycles. The highest BCUT2D eigenvalue weighted by Crippen LogP contribution is 2.30. The Labute approximate surface area is 191 Å². The molecule has 0 aromatic heterocycles. The lowest BCUT2D eigenvalue weighted by molar-refractivity contribution is 0.582. The van der Waals surface area contributed by atoms with Crippen molar-refractivity contribution >= 4 is 58.9 Å². The first-order valence-electron chi connectivity index (χ1n) is 9.83. The summed E-state index contributed by atoms with van der Waals surface area (Å²) >= 11 is 0. The highest BCUT2D eigenvalue weighted by atomic mass is 33.1. The summed E-state index contributed by atoms with van der Waals surface area (Å²) in [6.07, 6.45) is 3.61. The van der Waals surface area contributed by atoms with Crippen LogP contribution >= 0.6 is 21.6 Å². The van der Waals surface area contributed by atoms with E-state index in [1.165, 1.54) is 0 Å². The van der Waals surface area contributed by atoms with Crippen molar-refractivity contribution in [3.63, 3.8) is 0 Å². The number of fused-ring (bicyclic) bond motifs is 1. The molecule has 0 bridgehead atoms. The van der Waals surface area contributed by atoms with Gasteiger partial charge in [0.2, 0.25) is 10.0 Å². The van der Waals surface area contributed by atoms with Gasteiger partial charge in [-0.15, -0.1) is 0 Å². The second kappa shape index (κ2) is 12.8. The lowest BCUT2D eigenvalue weighted by atomic mass is 10.1. The zero-order valence-electron chi connectivity index (χ0n) is 17.7. The Hall–Kier alpha value is -1.00. The predicted octanol–water partition coefficient (Wildman–Crippen LogP) is 4.63. The molecule has 30 heavy (non-hydrogen) atoms. The number of nitrogens with zero attached hydrogens (tertiary/aromatic N) is 1. The van der Waals surface area contributed by atoms with Crippen LogP contribution in [0.3, 0.4) is 0 Å². The van der Waals surface area contributed by atoms with Crippen molar-refractivity contribution in [2.45, 2.75) is 24.7 Å². The number of anilines is 1. The summed E-state index contributed by atoms with van der Waals surface area (Å²) in [5, 5.41) is 3.61. The molecule has 0 spiro atoms. The zero-order valence-corrected chi connectivity index (χ0v) is 20.9. The maximum atomic E-state index is 12.8. The van der Waals surface area contributed by atoms with Gasteiger partial charge in [0.05, 0.1) is 4.90 Å². The summed E-state index contributed by atoms with van der Waals surface area (Å²) in [4.78, 5) is 2.30. The van der Waals surface area contributed by atoms with E-state index in [1.807, 2.05) is 61.7 Å². The first-order chi connectivity index (χ1) is 14.4. The standard InChI is InChI=1S/C21H30N2O3S4/c1-4-16-29(24)17-8-15-28-27-14-7-13-22-30(25,26)21-12-6-9-18-19(21)10-5-11-20(18)23(2)3/h5-6,8-12,15,22H,4,7,13-14,16-17H2,1-3H3/b15-8+. The molecule has 0 saturated heterocycles. The predicted molar refractivity (Wildman–Crippen MR) is 135 cm³/mol. The molecule has 2 aromatic rings. The maximum Gasteiger partial charge on any atom is 0.241 e. The summed E-state index contributed by atoms with van der Waals surface area (Å²) in [5.74, 6) is 2.17. The van der Waals surface area contributed by atoms with Crippen molar-refractivity contribution in [1.82, 2.24) is 4.72 Å². The van der Waals surface area contributed by atoms with Crippen LogP contribution in [0, 0.1) is 0 Å². The molecule has 0 amide bonds. The van der Waals surface area contributed by atoms with Crippen LogP contribution in [-0.2, 0) is 20.8 Å². The maximum absolute atomic E-state index is 12.8. The third-order valence-electron chi connectivity index (χ3n) is 4.26. The fourth-order valence-corrected chi connectivity index (χ4v) is 6.96. The van der Waals surface area contributed by atoms with Gasteiger partial charge in [0.25, 0.3) is 0 Å². The lowest BCUT2D eigenvalue weighted by Crippen LogP contribution is -2.25. The third-order valence-corrected chi connectivity index (χ3v) is 9.34. The molecule has 0 saturated carbocycles. The van der Waals surface area contributed by atoms with Crippen LogP contribution in [-0.4, -0.2) is 50.5 Å². The van der Waals surface area contributed by atoms with Gasteiger partial charge in [-0.3, -0.25) is 4.21 Å². The molecule has 1 atom stereocenters. The normalized spacial score (nSPS) is 13.2. The molecule has 0 fully saturated rings. The first kappa shape index (κ1) is 25.3. The Bertz CT molecular complexity index is 975. The number of hydrogen-bond donors (Lipinski definition) is 1. The number of benzene rings is 2. The number of sulfonamides is 1. The Morgan fingerprint density at radius 2 is 1.87 bits per heavy atom. The fraction of sp³-hybridized carbons (Fsp3) is 0.429. The van der Waals surface area contributed by atoms with Crippen molar-refractivity contribution in [1.29, 1.82) is 0 Å². The summed E-state index contributed by atoms with van der Waals surface area (Å²) < 4.78 is 39.9. The zero-order chi connectivity index (χ0) is 22.0. The van der Waals surface area contributed by atoms with E-state index in [0.29, 0.717) is 17.2 Å². The molecule has 9 heteroatoms. The molecule has 0 heterocycles. The highest BCUT2D eigenvalue weighted by Gasteiger charge is 2.17. The monoisotopic (exact) mass is 486 g/mol. The molecule has 0 radical (unpaired) electrons. The number of rotatable bonds is 13. The molecule has 2 rings (SSSR count). The number of hydrogen-bond acceptors (Lipinski definition) is 6. The largest absolute Gasteiger partial charge is 0.377 e. The van der Waals surface area contributed by atoms with Crippen molar-refractivity contribution < 1.29 is 12.6 Å². The Morgan fingerprint density at radius 3 is 2.60 bits per heavy atom.